The first-order valence-corrected chi connectivity index (χ1v) is 9.29. The Hall–Kier alpha value is -1.63. The largest absolute Gasteiger partial charge is 0.330 e. The van der Waals surface area contributed by atoms with Crippen LogP contribution in [0.1, 0.15) is 37.9 Å². The van der Waals surface area contributed by atoms with Gasteiger partial charge in [0.2, 0.25) is 5.91 Å². The van der Waals surface area contributed by atoms with Gasteiger partial charge >= 0.3 is 0 Å². The Bertz CT molecular complexity index is 762. The van der Waals surface area contributed by atoms with Crippen LogP contribution >= 0.6 is 24.8 Å². The number of benzene rings is 1. The molecule has 2 heterocycles. The van der Waals surface area contributed by atoms with Crippen LogP contribution in [-0.4, -0.2) is 27.2 Å². The molecule has 2 aliphatic rings. The van der Waals surface area contributed by atoms with Crippen LogP contribution in [0.4, 0.5) is 5.69 Å². The fourth-order valence-electron chi connectivity index (χ4n) is 4.12. The molecule has 0 radical (unpaired) electrons. The molecule has 148 valence electrons. The zero-order chi connectivity index (χ0) is 17.2. The van der Waals surface area contributed by atoms with Gasteiger partial charge in [0.25, 0.3) is 0 Å². The van der Waals surface area contributed by atoms with Gasteiger partial charge in [-0.3, -0.25) is 4.79 Å². The second kappa shape index (κ2) is 9.53. The molecule has 1 aromatic carbocycles. The summed E-state index contributed by atoms with van der Waals surface area (Å²) in [6.07, 6.45) is 6.47. The Morgan fingerprint density at radius 1 is 1.11 bits per heavy atom. The van der Waals surface area contributed by atoms with Crippen molar-refractivity contribution in [3.05, 3.63) is 30.1 Å². The van der Waals surface area contributed by atoms with Crippen LogP contribution in [0.25, 0.3) is 11.4 Å². The minimum atomic E-state index is 0. The van der Waals surface area contributed by atoms with Gasteiger partial charge in [0.15, 0.2) is 5.82 Å². The van der Waals surface area contributed by atoms with E-state index in [1.807, 2.05) is 24.3 Å². The lowest BCUT2D eigenvalue weighted by Gasteiger charge is -2.17. The van der Waals surface area contributed by atoms with E-state index in [4.69, 9.17) is 5.73 Å². The van der Waals surface area contributed by atoms with E-state index >= 15 is 0 Å². The van der Waals surface area contributed by atoms with Crippen LogP contribution in [0.15, 0.2) is 24.3 Å². The molecular formula is C19H27Cl2N5O. The lowest BCUT2D eigenvalue weighted by atomic mass is 9.95. The number of nitrogens with two attached hydrogens (primary N) is 1. The molecule has 0 unspecified atom stereocenters. The molecule has 0 saturated heterocycles. The Balaban J connectivity index is 0.00000131. The van der Waals surface area contributed by atoms with E-state index in [2.05, 4.69) is 20.1 Å². The monoisotopic (exact) mass is 411 g/mol. The SMILES string of the molecule is Cl.Cl.NC[C@H]1CCC[C@H]1C(=O)Nc1ccc(-c2nnc3n2CCCC3)cc1. The first-order chi connectivity index (χ1) is 12.3. The number of aryl methyl sites for hydroxylation is 1. The summed E-state index contributed by atoms with van der Waals surface area (Å²) >= 11 is 0. The summed E-state index contributed by atoms with van der Waals surface area (Å²) in [4.78, 5) is 12.5. The van der Waals surface area contributed by atoms with Crippen molar-refractivity contribution in [3.8, 4) is 11.4 Å². The lowest BCUT2D eigenvalue weighted by molar-refractivity contribution is -0.120. The summed E-state index contributed by atoms with van der Waals surface area (Å²) in [5.74, 6) is 2.47. The Morgan fingerprint density at radius 2 is 1.89 bits per heavy atom. The molecule has 1 amide bonds. The van der Waals surface area contributed by atoms with Gasteiger partial charge in [-0.15, -0.1) is 35.0 Å². The molecule has 1 aliphatic carbocycles. The van der Waals surface area contributed by atoms with Crippen LogP contribution in [0.5, 0.6) is 0 Å². The van der Waals surface area contributed by atoms with Crippen LogP contribution in [-0.2, 0) is 17.8 Å². The normalized spacial score (nSPS) is 20.9. The highest BCUT2D eigenvalue weighted by Crippen LogP contribution is 2.32. The predicted molar refractivity (Wildman–Crippen MR) is 111 cm³/mol. The van der Waals surface area contributed by atoms with Crippen molar-refractivity contribution < 1.29 is 4.79 Å². The fourth-order valence-corrected chi connectivity index (χ4v) is 4.12. The minimum Gasteiger partial charge on any atom is -0.330 e. The van der Waals surface area contributed by atoms with E-state index in [0.29, 0.717) is 12.5 Å². The summed E-state index contributed by atoms with van der Waals surface area (Å²) in [6.45, 7) is 1.58. The van der Waals surface area contributed by atoms with Crippen LogP contribution < -0.4 is 11.1 Å². The highest BCUT2D eigenvalue weighted by molar-refractivity contribution is 5.93. The molecule has 8 heteroatoms. The number of hydrogen-bond acceptors (Lipinski definition) is 4. The molecule has 6 nitrogen and oxygen atoms in total. The predicted octanol–water partition coefficient (Wildman–Crippen LogP) is 3.44. The zero-order valence-corrected chi connectivity index (χ0v) is 16.9. The number of carbonyl (C=O) groups is 1. The number of aromatic nitrogens is 3. The van der Waals surface area contributed by atoms with E-state index in [0.717, 1.165) is 55.1 Å². The van der Waals surface area contributed by atoms with E-state index < -0.39 is 0 Å². The van der Waals surface area contributed by atoms with Gasteiger partial charge in [0, 0.05) is 30.1 Å². The Labute approximate surface area is 172 Å². The van der Waals surface area contributed by atoms with E-state index in [9.17, 15) is 4.79 Å². The third kappa shape index (κ3) is 4.45. The number of fused-ring (bicyclic) bond motifs is 1. The van der Waals surface area contributed by atoms with Crippen LogP contribution in [0.2, 0.25) is 0 Å². The second-order valence-electron chi connectivity index (χ2n) is 7.15. The smallest absolute Gasteiger partial charge is 0.227 e. The summed E-state index contributed by atoms with van der Waals surface area (Å²) < 4.78 is 2.21. The summed E-state index contributed by atoms with van der Waals surface area (Å²) in [5.41, 5.74) is 7.66. The van der Waals surface area contributed by atoms with Crippen molar-refractivity contribution >= 4 is 36.4 Å². The summed E-state index contributed by atoms with van der Waals surface area (Å²) in [5, 5.41) is 11.7. The van der Waals surface area contributed by atoms with Gasteiger partial charge in [-0.05, 0) is 62.4 Å². The quantitative estimate of drug-likeness (QED) is 0.806. The molecule has 2 aromatic rings. The van der Waals surface area contributed by atoms with Crippen molar-refractivity contribution in [1.82, 2.24) is 14.8 Å². The molecule has 1 aliphatic heterocycles. The van der Waals surface area contributed by atoms with E-state index in [1.54, 1.807) is 0 Å². The standard InChI is InChI=1S/C19H25N5O.2ClH/c20-12-14-4-3-5-16(14)19(25)21-15-9-7-13(8-10-15)18-23-22-17-6-1-2-11-24(17)18;;/h7-10,14,16H,1-6,11-12,20H2,(H,21,25);2*1H/t14-,16-;;/m1../s1. The minimum absolute atomic E-state index is 0. The lowest BCUT2D eigenvalue weighted by Crippen LogP contribution is -2.29. The molecule has 4 rings (SSSR count). The van der Waals surface area contributed by atoms with Crippen molar-refractivity contribution in [2.24, 2.45) is 17.6 Å². The van der Waals surface area contributed by atoms with Crippen molar-refractivity contribution in [2.75, 3.05) is 11.9 Å². The molecule has 1 fully saturated rings. The highest BCUT2D eigenvalue weighted by Gasteiger charge is 2.31. The summed E-state index contributed by atoms with van der Waals surface area (Å²) in [6, 6.07) is 7.92. The number of carbonyl (C=O) groups excluding carboxylic acids is 1. The van der Waals surface area contributed by atoms with Gasteiger partial charge < -0.3 is 15.6 Å². The average molecular weight is 412 g/mol. The summed E-state index contributed by atoms with van der Waals surface area (Å²) in [7, 11) is 0. The molecular weight excluding hydrogens is 385 g/mol. The maximum absolute atomic E-state index is 12.5. The van der Waals surface area contributed by atoms with Crippen LogP contribution in [0, 0.1) is 11.8 Å². The number of rotatable bonds is 4. The Morgan fingerprint density at radius 3 is 2.63 bits per heavy atom. The van der Waals surface area contributed by atoms with Crippen molar-refractivity contribution in [3.63, 3.8) is 0 Å². The number of hydrogen-bond donors (Lipinski definition) is 2. The average Bonchev–Trinajstić information content (AvgIpc) is 3.29. The van der Waals surface area contributed by atoms with Gasteiger partial charge in [-0.1, -0.05) is 6.42 Å². The Kier molecular flexibility index (Phi) is 7.65. The van der Waals surface area contributed by atoms with Gasteiger partial charge in [0.1, 0.15) is 5.82 Å². The first-order valence-electron chi connectivity index (χ1n) is 9.29. The second-order valence-corrected chi connectivity index (χ2v) is 7.15. The van der Waals surface area contributed by atoms with Crippen molar-refractivity contribution in [2.45, 2.75) is 45.1 Å². The van der Waals surface area contributed by atoms with Crippen molar-refractivity contribution in [1.29, 1.82) is 0 Å². The third-order valence-corrected chi connectivity index (χ3v) is 5.57. The van der Waals surface area contributed by atoms with Gasteiger partial charge in [0.05, 0.1) is 0 Å². The number of halogens is 2. The molecule has 0 spiro atoms. The highest BCUT2D eigenvalue weighted by atomic mass is 35.5. The number of amides is 1. The van der Waals surface area contributed by atoms with E-state index in [-0.39, 0.29) is 36.6 Å². The molecule has 2 atom stereocenters. The fraction of sp³-hybridized carbons (Fsp3) is 0.526. The molecule has 1 aromatic heterocycles. The molecule has 27 heavy (non-hydrogen) atoms. The number of nitrogens with zero attached hydrogens (tertiary/aromatic N) is 3. The topological polar surface area (TPSA) is 85.8 Å². The van der Waals surface area contributed by atoms with Crippen LogP contribution in [0.3, 0.4) is 0 Å². The third-order valence-electron chi connectivity index (χ3n) is 5.57. The molecule has 0 bridgehead atoms. The molecule has 1 saturated carbocycles. The number of nitrogens with one attached hydrogen (secondary N) is 1. The van der Waals surface area contributed by atoms with Gasteiger partial charge in [-0.2, -0.15) is 0 Å². The van der Waals surface area contributed by atoms with Gasteiger partial charge in [-0.25, -0.2) is 0 Å². The first kappa shape index (κ1) is 21.7. The molecule has 3 N–H and O–H groups in total. The maximum atomic E-state index is 12.5. The zero-order valence-electron chi connectivity index (χ0n) is 15.3. The maximum Gasteiger partial charge on any atom is 0.227 e. The number of anilines is 1. The van der Waals surface area contributed by atoms with E-state index in [1.165, 1.54) is 12.8 Å².